The summed E-state index contributed by atoms with van der Waals surface area (Å²) in [6.07, 6.45) is 2.22. The first-order valence-corrected chi connectivity index (χ1v) is 5.53. The van der Waals surface area contributed by atoms with Crippen LogP contribution in [-0.4, -0.2) is 42.3 Å². The maximum Gasteiger partial charge on any atom is 0.409 e. The molecule has 0 saturated heterocycles. The largest absolute Gasteiger partial charge is 0.481 e. The van der Waals surface area contributed by atoms with Crippen LogP contribution in [0.4, 0.5) is 4.79 Å². The molecule has 0 atom stereocenters. The van der Waals surface area contributed by atoms with Crippen molar-refractivity contribution in [3.05, 3.63) is 12.7 Å². The molecule has 18 heavy (non-hydrogen) atoms. The van der Waals surface area contributed by atoms with Gasteiger partial charge in [0, 0.05) is 13.6 Å². The second kappa shape index (κ2) is 8.85. The van der Waals surface area contributed by atoms with Gasteiger partial charge in [-0.1, -0.05) is 12.7 Å². The first kappa shape index (κ1) is 19.2. The van der Waals surface area contributed by atoms with Crippen molar-refractivity contribution < 1.29 is 19.4 Å². The molecule has 0 aromatic carbocycles. The molecule has 0 aromatic heterocycles. The molecule has 0 fully saturated rings. The van der Waals surface area contributed by atoms with E-state index in [0.717, 1.165) is 0 Å². The number of ether oxygens (including phenoxy) is 1. The van der Waals surface area contributed by atoms with Crippen LogP contribution in [0.5, 0.6) is 0 Å². The smallest absolute Gasteiger partial charge is 0.409 e. The highest BCUT2D eigenvalue weighted by molar-refractivity contribution is 7.59. The average Bonchev–Trinajstić information content (AvgIpc) is 2.25. The summed E-state index contributed by atoms with van der Waals surface area (Å²) in [6, 6.07) is 0. The summed E-state index contributed by atoms with van der Waals surface area (Å²) in [6.45, 7) is 7.45. The van der Waals surface area contributed by atoms with Crippen molar-refractivity contribution in [3.8, 4) is 0 Å². The van der Waals surface area contributed by atoms with E-state index in [-0.39, 0.29) is 20.1 Å². The Labute approximate surface area is 115 Å². The number of carboxylic acid groups (broad SMARTS) is 1. The van der Waals surface area contributed by atoms with E-state index in [4.69, 9.17) is 9.84 Å². The number of carbonyl (C=O) groups excluding carboxylic acids is 1. The number of amides is 1. The van der Waals surface area contributed by atoms with E-state index in [1.807, 2.05) is 0 Å². The molecule has 1 amide bonds. The number of hydrogen-bond acceptors (Lipinski definition) is 3. The third-order valence-electron chi connectivity index (χ3n) is 2.51. The van der Waals surface area contributed by atoms with Crippen molar-refractivity contribution in [1.29, 1.82) is 0 Å². The van der Waals surface area contributed by atoms with E-state index in [9.17, 15) is 9.59 Å². The van der Waals surface area contributed by atoms with Gasteiger partial charge in [-0.3, -0.25) is 4.79 Å². The Bertz CT molecular complexity index is 292. The molecule has 0 aliphatic rings. The van der Waals surface area contributed by atoms with E-state index < -0.39 is 17.5 Å². The minimum Gasteiger partial charge on any atom is -0.481 e. The number of aliphatic carboxylic acids is 1. The van der Waals surface area contributed by atoms with Gasteiger partial charge >= 0.3 is 12.1 Å². The van der Waals surface area contributed by atoms with Crippen molar-refractivity contribution in [2.24, 2.45) is 5.41 Å². The van der Waals surface area contributed by atoms with Gasteiger partial charge in [0.25, 0.3) is 0 Å². The SMILES string of the molecule is C=CCOC(=O)N(C)CCCC(C)(C)C(=O)O.S. The molecule has 0 aliphatic carbocycles. The lowest BCUT2D eigenvalue weighted by molar-refractivity contribution is -0.147. The second-order valence-corrected chi connectivity index (χ2v) is 4.58. The summed E-state index contributed by atoms with van der Waals surface area (Å²) < 4.78 is 4.84. The van der Waals surface area contributed by atoms with E-state index in [1.165, 1.54) is 11.0 Å². The van der Waals surface area contributed by atoms with Crippen LogP contribution >= 0.6 is 13.5 Å². The van der Waals surface area contributed by atoms with Crippen molar-refractivity contribution in [2.75, 3.05) is 20.2 Å². The predicted octanol–water partition coefficient (Wildman–Crippen LogP) is 2.24. The van der Waals surface area contributed by atoms with Gasteiger partial charge in [-0.25, -0.2) is 4.79 Å². The fourth-order valence-electron chi connectivity index (χ4n) is 1.20. The zero-order chi connectivity index (χ0) is 13.5. The Morgan fingerprint density at radius 3 is 2.44 bits per heavy atom. The first-order valence-electron chi connectivity index (χ1n) is 5.53. The Hall–Kier alpha value is -1.17. The maximum atomic E-state index is 11.3. The average molecular weight is 277 g/mol. The van der Waals surface area contributed by atoms with Crippen LogP contribution in [-0.2, 0) is 9.53 Å². The quantitative estimate of drug-likeness (QED) is 0.725. The molecule has 0 unspecified atom stereocenters. The molecule has 1 N–H and O–H groups in total. The number of carboxylic acids is 1. The maximum absolute atomic E-state index is 11.3. The molecular formula is C12H23NO4S. The van der Waals surface area contributed by atoms with Gasteiger partial charge in [0.2, 0.25) is 0 Å². The summed E-state index contributed by atoms with van der Waals surface area (Å²) in [5.74, 6) is -0.825. The van der Waals surface area contributed by atoms with E-state index in [1.54, 1.807) is 20.9 Å². The molecule has 0 radical (unpaired) electrons. The van der Waals surface area contributed by atoms with Crippen LogP contribution in [0.15, 0.2) is 12.7 Å². The normalized spacial score (nSPS) is 10.2. The number of rotatable bonds is 7. The van der Waals surface area contributed by atoms with Crippen LogP contribution < -0.4 is 0 Å². The molecule has 106 valence electrons. The molecule has 6 heteroatoms. The van der Waals surface area contributed by atoms with Crippen LogP contribution in [0.25, 0.3) is 0 Å². The standard InChI is InChI=1S/C12H21NO4.H2S/c1-5-9-17-11(16)13(4)8-6-7-12(2,3)10(14)15;/h5H,1,6-9H2,2-4H3,(H,14,15);1H2. The van der Waals surface area contributed by atoms with Gasteiger partial charge in [0.05, 0.1) is 5.41 Å². The fourth-order valence-corrected chi connectivity index (χ4v) is 1.20. The molecule has 0 bridgehead atoms. The van der Waals surface area contributed by atoms with Crippen LogP contribution in [0.3, 0.4) is 0 Å². The van der Waals surface area contributed by atoms with Crippen molar-refractivity contribution in [3.63, 3.8) is 0 Å². The zero-order valence-electron chi connectivity index (χ0n) is 11.2. The third-order valence-corrected chi connectivity index (χ3v) is 2.51. The van der Waals surface area contributed by atoms with Crippen LogP contribution in [0.2, 0.25) is 0 Å². The van der Waals surface area contributed by atoms with E-state index in [0.29, 0.717) is 19.4 Å². The predicted molar refractivity (Wildman–Crippen MR) is 75.2 cm³/mol. The minimum atomic E-state index is -0.825. The Morgan fingerprint density at radius 2 is 2.00 bits per heavy atom. The molecule has 0 aliphatic heterocycles. The monoisotopic (exact) mass is 277 g/mol. The Kier molecular flexibility index (Phi) is 9.43. The highest BCUT2D eigenvalue weighted by Gasteiger charge is 2.26. The lowest BCUT2D eigenvalue weighted by atomic mass is 9.88. The summed E-state index contributed by atoms with van der Waals surface area (Å²) in [5, 5.41) is 8.92. The Balaban J connectivity index is 0. The van der Waals surface area contributed by atoms with Crippen molar-refractivity contribution in [1.82, 2.24) is 4.90 Å². The molecule has 0 rings (SSSR count). The summed E-state index contributed by atoms with van der Waals surface area (Å²) in [4.78, 5) is 23.6. The lowest BCUT2D eigenvalue weighted by Gasteiger charge is -2.21. The summed E-state index contributed by atoms with van der Waals surface area (Å²) in [5.41, 5.74) is -0.758. The fraction of sp³-hybridized carbons (Fsp3) is 0.667. The van der Waals surface area contributed by atoms with Gasteiger partial charge in [-0.2, -0.15) is 13.5 Å². The van der Waals surface area contributed by atoms with Crippen LogP contribution in [0, 0.1) is 5.41 Å². The first-order chi connectivity index (χ1) is 7.81. The zero-order valence-corrected chi connectivity index (χ0v) is 12.2. The van der Waals surface area contributed by atoms with E-state index >= 15 is 0 Å². The number of hydrogen-bond donors (Lipinski definition) is 1. The summed E-state index contributed by atoms with van der Waals surface area (Å²) in [7, 11) is 1.62. The molecule has 0 heterocycles. The van der Waals surface area contributed by atoms with Gasteiger partial charge in [0.1, 0.15) is 6.61 Å². The van der Waals surface area contributed by atoms with Gasteiger partial charge in [-0.15, -0.1) is 0 Å². The molecular weight excluding hydrogens is 254 g/mol. The van der Waals surface area contributed by atoms with Gasteiger partial charge < -0.3 is 14.7 Å². The van der Waals surface area contributed by atoms with Crippen LogP contribution in [0.1, 0.15) is 26.7 Å². The van der Waals surface area contributed by atoms with Crippen molar-refractivity contribution >= 4 is 25.6 Å². The molecule has 0 aromatic rings. The van der Waals surface area contributed by atoms with Crippen molar-refractivity contribution in [2.45, 2.75) is 26.7 Å². The lowest BCUT2D eigenvalue weighted by Crippen LogP contribution is -2.30. The molecule has 0 spiro atoms. The molecule has 5 nitrogen and oxygen atoms in total. The topological polar surface area (TPSA) is 66.8 Å². The van der Waals surface area contributed by atoms with E-state index in [2.05, 4.69) is 6.58 Å². The minimum absolute atomic E-state index is 0. The molecule has 0 saturated carbocycles. The number of carbonyl (C=O) groups is 2. The second-order valence-electron chi connectivity index (χ2n) is 4.58. The number of nitrogens with zero attached hydrogens (tertiary/aromatic N) is 1. The third kappa shape index (κ3) is 7.21. The highest BCUT2D eigenvalue weighted by Crippen LogP contribution is 2.22. The Morgan fingerprint density at radius 1 is 1.44 bits per heavy atom. The van der Waals surface area contributed by atoms with Gasteiger partial charge in [-0.05, 0) is 26.7 Å². The van der Waals surface area contributed by atoms with Gasteiger partial charge in [0.15, 0.2) is 0 Å². The summed E-state index contributed by atoms with van der Waals surface area (Å²) >= 11 is 0. The highest BCUT2D eigenvalue weighted by atomic mass is 32.1.